The zero-order valence-electron chi connectivity index (χ0n) is 19.8. The lowest BCUT2D eigenvalue weighted by molar-refractivity contribution is -0.143. The summed E-state index contributed by atoms with van der Waals surface area (Å²) in [6.45, 7) is 6.80. The third kappa shape index (κ3) is 14.3. The fraction of sp³-hybridized carbons (Fsp3) is 0.500. The van der Waals surface area contributed by atoms with E-state index in [1.165, 1.54) is 0 Å². The van der Waals surface area contributed by atoms with Crippen molar-refractivity contribution in [3.63, 3.8) is 0 Å². The second-order valence-electron chi connectivity index (χ2n) is 8.27. The van der Waals surface area contributed by atoms with Gasteiger partial charge in [0.25, 0.3) is 0 Å². The fourth-order valence-electron chi connectivity index (χ4n) is 2.71. The molecule has 0 saturated heterocycles. The van der Waals surface area contributed by atoms with Gasteiger partial charge < -0.3 is 25.4 Å². The Morgan fingerprint density at radius 1 is 1.00 bits per heavy atom. The molecule has 3 amide bonds. The van der Waals surface area contributed by atoms with Crippen LogP contribution in [0.3, 0.4) is 0 Å². The van der Waals surface area contributed by atoms with Crippen molar-refractivity contribution in [3.05, 3.63) is 48.0 Å². The van der Waals surface area contributed by atoms with Crippen LogP contribution in [0.15, 0.2) is 42.5 Å². The highest BCUT2D eigenvalue weighted by Crippen LogP contribution is 2.07. The van der Waals surface area contributed by atoms with Gasteiger partial charge in [-0.05, 0) is 46.1 Å². The van der Waals surface area contributed by atoms with Crippen LogP contribution in [0, 0.1) is 0 Å². The van der Waals surface area contributed by atoms with Gasteiger partial charge in [0, 0.05) is 6.42 Å². The first-order valence-electron chi connectivity index (χ1n) is 11.0. The molecule has 1 aromatic carbocycles. The smallest absolute Gasteiger partial charge is 0.408 e. The Labute approximate surface area is 195 Å². The minimum Gasteiger partial charge on any atom is -0.465 e. The number of allylic oxidation sites excluding steroid dienone is 1. The summed E-state index contributed by atoms with van der Waals surface area (Å²) in [6.07, 6.45) is 4.14. The van der Waals surface area contributed by atoms with Crippen molar-refractivity contribution in [2.75, 3.05) is 19.7 Å². The maximum absolute atomic E-state index is 12.3. The number of ether oxygens (including phenoxy) is 2. The normalized spacial score (nSPS) is 12.0. The molecule has 0 saturated carbocycles. The minimum absolute atomic E-state index is 0.159. The molecule has 1 rings (SSSR count). The van der Waals surface area contributed by atoms with Crippen molar-refractivity contribution < 1.29 is 28.7 Å². The first-order valence-corrected chi connectivity index (χ1v) is 11.0. The summed E-state index contributed by atoms with van der Waals surface area (Å²) in [5.41, 5.74) is 0.376. The Kier molecular flexibility index (Phi) is 12.3. The first-order chi connectivity index (χ1) is 15.6. The van der Waals surface area contributed by atoms with Gasteiger partial charge in [-0.1, -0.05) is 42.5 Å². The summed E-state index contributed by atoms with van der Waals surface area (Å²) in [5, 5.41) is 7.80. The largest absolute Gasteiger partial charge is 0.465 e. The van der Waals surface area contributed by atoms with Gasteiger partial charge in [-0.2, -0.15) is 0 Å². The van der Waals surface area contributed by atoms with E-state index < -0.39 is 17.7 Å². The lowest BCUT2D eigenvalue weighted by Gasteiger charge is -2.20. The molecule has 9 heteroatoms. The Balaban J connectivity index is 2.56. The van der Waals surface area contributed by atoms with E-state index in [4.69, 9.17) is 9.47 Å². The molecule has 0 aliphatic heterocycles. The Bertz CT molecular complexity index is 802. The molecule has 0 aromatic heterocycles. The number of carbonyl (C=O) groups excluding carboxylic acids is 4. The molecule has 0 aliphatic carbocycles. The van der Waals surface area contributed by atoms with Gasteiger partial charge in [-0.3, -0.25) is 14.4 Å². The molecule has 0 spiro atoms. The molecule has 33 heavy (non-hydrogen) atoms. The number of hydrogen-bond donors (Lipinski definition) is 3. The van der Waals surface area contributed by atoms with Gasteiger partial charge in [-0.15, -0.1) is 0 Å². The van der Waals surface area contributed by atoms with Crippen LogP contribution in [-0.2, 0) is 30.3 Å². The predicted octanol–water partition coefficient (Wildman–Crippen LogP) is 2.25. The number of hydrogen-bond acceptors (Lipinski definition) is 6. The monoisotopic (exact) mass is 461 g/mol. The summed E-state index contributed by atoms with van der Waals surface area (Å²) in [7, 11) is 0. The summed E-state index contributed by atoms with van der Waals surface area (Å²) < 4.78 is 9.89. The fourth-order valence-corrected chi connectivity index (χ4v) is 2.71. The number of rotatable bonds is 12. The number of nitrogens with one attached hydrogen (secondary N) is 3. The van der Waals surface area contributed by atoms with Crippen LogP contribution in [-0.4, -0.2) is 55.2 Å². The number of benzene rings is 1. The molecule has 0 radical (unpaired) electrons. The maximum atomic E-state index is 12.3. The van der Waals surface area contributed by atoms with Crippen LogP contribution < -0.4 is 16.0 Å². The average Bonchev–Trinajstić information content (AvgIpc) is 2.73. The van der Waals surface area contributed by atoms with Crippen molar-refractivity contribution in [3.8, 4) is 0 Å². The molecular weight excluding hydrogens is 426 g/mol. The molecule has 3 N–H and O–H groups in total. The van der Waals surface area contributed by atoms with Crippen LogP contribution in [0.5, 0.6) is 0 Å². The summed E-state index contributed by atoms with van der Waals surface area (Å²) in [5.74, 6) is -1.11. The number of alkyl carbamates (subject to hydrolysis) is 1. The minimum atomic E-state index is -0.665. The van der Waals surface area contributed by atoms with E-state index in [0.29, 0.717) is 12.8 Å². The van der Waals surface area contributed by atoms with Crippen molar-refractivity contribution in [1.29, 1.82) is 0 Å². The van der Waals surface area contributed by atoms with Crippen LogP contribution in [0.1, 0.15) is 46.1 Å². The topological polar surface area (TPSA) is 123 Å². The van der Waals surface area contributed by atoms with E-state index in [9.17, 15) is 19.2 Å². The zero-order chi connectivity index (χ0) is 24.7. The van der Waals surface area contributed by atoms with Crippen molar-refractivity contribution >= 4 is 23.9 Å². The van der Waals surface area contributed by atoms with Gasteiger partial charge in [0.1, 0.15) is 18.7 Å². The highest BCUT2D eigenvalue weighted by molar-refractivity contribution is 5.83. The van der Waals surface area contributed by atoms with Crippen molar-refractivity contribution in [2.24, 2.45) is 0 Å². The van der Waals surface area contributed by atoms with E-state index in [1.807, 2.05) is 36.4 Å². The number of esters is 1. The van der Waals surface area contributed by atoms with Crippen molar-refractivity contribution in [1.82, 2.24) is 16.0 Å². The molecule has 0 unspecified atom stereocenters. The maximum Gasteiger partial charge on any atom is 0.408 e. The highest BCUT2D eigenvalue weighted by atomic mass is 16.6. The quantitative estimate of drug-likeness (QED) is 0.324. The molecule has 0 heterocycles. The van der Waals surface area contributed by atoms with E-state index in [-0.39, 0.29) is 44.0 Å². The van der Waals surface area contributed by atoms with E-state index in [0.717, 1.165) is 5.56 Å². The molecule has 0 fully saturated rings. The molecular formula is C24H35N3O6. The van der Waals surface area contributed by atoms with Crippen molar-refractivity contribution in [2.45, 2.75) is 58.6 Å². The zero-order valence-corrected chi connectivity index (χ0v) is 19.8. The highest BCUT2D eigenvalue weighted by Gasteiger charge is 2.17. The van der Waals surface area contributed by atoms with Crippen LogP contribution >= 0.6 is 0 Å². The van der Waals surface area contributed by atoms with Gasteiger partial charge >= 0.3 is 12.1 Å². The Morgan fingerprint density at radius 3 is 2.33 bits per heavy atom. The second-order valence-corrected chi connectivity index (χ2v) is 8.27. The van der Waals surface area contributed by atoms with Gasteiger partial charge in [-0.25, -0.2) is 4.79 Å². The summed E-state index contributed by atoms with van der Waals surface area (Å²) in [4.78, 5) is 47.2. The Morgan fingerprint density at radius 2 is 1.70 bits per heavy atom. The average molecular weight is 462 g/mol. The van der Waals surface area contributed by atoms with E-state index >= 15 is 0 Å². The predicted molar refractivity (Wildman–Crippen MR) is 124 cm³/mol. The SMILES string of the molecule is CCOC(=O)CNC(=O)CC/C=C\[C@H](Cc1ccccc1)NC(=O)CNC(=O)OC(C)(C)C. The van der Waals surface area contributed by atoms with Gasteiger partial charge in [0.2, 0.25) is 11.8 Å². The second kappa shape index (κ2) is 14.7. The lowest BCUT2D eigenvalue weighted by atomic mass is 10.0. The number of amides is 3. The molecule has 1 atom stereocenters. The molecule has 1 aromatic rings. The lowest BCUT2D eigenvalue weighted by Crippen LogP contribution is -2.43. The van der Waals surface area contributed by atoms with Gasteiger partial charge in [0.15, 0.2) is 0 Å². The number of carbonyl (C=O) groups is 4. The summed E-state index contributed by atoms with van der Waals surface area (Å²) in [6, 6.07) is 9.31. The molecule has 0 aliphatic rings. The molecule has 182 valence electrons. The third-order valence-corrected chi connectivity index (χ3v) is 4.08. The van der Waals surface area contributed by atoms with E-state index in [2.05, 4.69) is 16.0 Å². The van der Waals surface area contributed by atoms with Gasteiger partial charge in [0.05, 0.1) is 12.6 Å². The van der Waals surface area contributed by atoms with Crippen LogP contribution in [0.25, 0.3) is 0 Å². The van der Waals surface area contributed by atoms with E-state index in [1.54, 1.807) is 33.8 Å². The summed E-state index contributed by atoms with van der Waals surface area (Å²) >= 11 is 0. The third-order valence-electron chi connectivity index (χ3n) is 4.08. The first kappa shape index (κ1) is 27.7. The van der Waals surface area contributed by atoms with Crippen LogP contribution in [0.2, 0.25) is 0 Å². The Hall–Kier alpha value is -3.36. The standard InChI is InChI=1S/C24H35N3O6/c1-5-32-22(30)17-25-20(28)14-10-9-13-19(15-18-11-7-6-8-12-18)27-21(29)16-26-23(31)33-24(2,3)4/h6-9,11-13,19H,5,10,14-17H2,1-4H3,(H,25,28)(H,26,31)(H,27,29)/b13-9-/t19-/m1/s1. The molecule has 9 nitrogen and oxygen atoms in total. The van der Waals surface area contributed by atoms with Crippen LogP contribution in [0.4, 0.5) is 4.79 Å². The molecule has 0 bridgehead atoms.